The molecule has 2 aliphatic carbocycles. The summed E-state index contributed by atoms with van der Waals surface area (Å²) in [6, 6.07) is 4.47. The Bertz CT molecular complexity index is 590. The van der Waals surface area contributed by atoms with Gasteiger partial charge in [-0.3, -0.25) is 0 Å². The van der Waals surface area contributed by atoms with Gasteiger partial charge in [0, 0.05) is 0 Å². The van der Waals surface area contributed by atoms with Crippen LogP contribution >= 0.6 is 0 Å². The van der Waals surface area contributed by atoms with E-state index in [1.807, 2.05) is 0 Å². The molecule has 2 fully saturated rings. The third-order valence-corrected chi connectivity index (χ3v) is 7.19. The molecule has 0 spiro atoms. The molecule has 2 saturated carbocycles. The van der Waals surface area contributed by atoms with E-state index in [1.54, 1.807) is 6.07 Å². The molecule has 1 aromatic rings. The fourth-order valence-corrected chi connectivity index (χ4v) is 5.33. The smallest absolute Gasteiger partial charge is 0.159 e. The van der Waals surface area contributed by atoms with Crippen LogP contribution in [-0.2, 0) is 0 Å². The van der Waals surface area contributed by atoms with Crippen molar-refractivity contribution in [3.63, 3.8) is 0 Å². The lowest BCUT2D eigenvalue weighted by Gasteiger charge is -2.32. The minimum atomic E-state index is -0.732. The van der Waals surface area contributed by atoms with E-state index in [4.69, 9.17) is 0 Å². The Balaban J connectivity index is 1.34. The van der Waals surface area contributed by atoms with Gasteiger partial charge in [-0.25, -0.2) is 8.78 Å². The van der Waals surface area contributed by atoms with E-state index in [1.165, 1.54) is 76.3 Å². The second kappa shape index (κ2) is 10.4. The van der Waals surface area contributed by atoms with Gasteiger partial charge in [-0.1, -0.05) is 56.7 Å². The molecule has 0 nitrogen and oxygen atoms in total. The van der Waals surface area contributed by atoms with E-state index < -0.39 is 11.6 Å². The van der Waals surface area contributed by atoms with Crippen molar-refractivity contribution in [2.45, 2.75) is 89.9 Å². The Kier molecular flexibility index (Phi) is 7.91. The van der Waals surface area contributed by atoms with E-state index in [0.29, 0.717) is 5.92 Å². The Morgan fingerprint density at radius 2 is 1.33 bits per heavy atom. The van der Waals surface area contributed by atoms with Gasteiger partial charge in [0.1, 0.15) is 0 Å². The van der Waals surface area contributed by atoms with E-state index in [2.05, 4.69) is 19.1 Å². The summed E-state index contributed by atoms with van der Waals surface area (Å²) in [5.74, 6) is 1.75. The van der Waals surface area contributed by atoms with E-state index in [9.17, 15) is 8.78 Å². The molecule has 2 aliphatic rings. The molecule has 0 N–H and O–H groups in total. The molecule has 1 aromatic carbocycles. The zero-order valence-corrected chi connectivity index (χ0v) is 16.9. The first-order valence-corrected chi connectivity index (χ1v) is 11.2. The number of rotatable bonds is 7. The molecular weight excluding hydrogens is 338 g/mol. The molecular formula is C25H36F2. The molecule has 3 rings (SSSR count). The molecule has 0 aliphatic heterocycles. The molecule has 2 heteroatoms. The van der Waals surface area contributed by atoms with Crippen LogP contribution in [0.3, 0.4) is 0 Å². The maximum absolute atomic E-state index is 13.5. The summed E-state index contributed by atoms with van der Waals surface area (Å²) in [4.78, 5) is 0. The quantitative estimate of drug-likeness (QED) is 0.422. The van der Waals surface area contributed by atoms with Crippen molar-refractivity contribution < 1.29 is 8.78 Å². The maximum atomic E-state index is 13.5. The molecule has 0 saturated heterocycles. The van der Waals surface area contributed by atoms with Crippen LogP contribution in [0.4, 0.5) is 8.78 Å². The standard InChI is InChI=1S/C25H36F2/c1-2-3-4-5-19-6-8-20(9-7-19)10-11-21-12-14-22(15-13-21)23-16-17-24(26)25(27)18-23/h2-3,16-22H,4-15H2,1H3/b3-2+. The summed E-state index contributed by atoms with van der Waals surface area (Å²) >= 11 is 0. The highest BCUT2D eigenvalue weighted by atomic mass is 19.2. The van der Waals surface area contributed by atoms with Crippen LogP contribution in [0, 0.1) is 29.4 Å². The first-order valence-electron chi connectivity index (χ1n) is 11.2. The molecule has 0 atom stereocenters. The van der Waals surface area contributed by atoms with Crippen molar-refractivity contribution in [3.05, 3.63) is 47.5 Å². The average molecular weight is 375 g/mol. The number of hydrogen-bond donors (Lipinski definition) is 0. The Morgan fingerprint density at radius 1 is 0.778 bits per heavy atom. The van der Waals surface area contributed by atoms with Crippen molar-refractivity contribution in [2.75, 3.05) is 0 Å². The third-order valence-electron chi connectivity index (χ3n) is 7.19. The molecule has 27 heavy (non-hydrogen) atoms. The van der Waals surface area contributed by atoms with Crippen molar-refractivity contribution >= 4 is 0 Å². The summed E-state index contributed by atoms with van der Waals surface area (Å²) in [6.45, 7) is 2.11. The maximum Gasteiger partial charge on any atom is 0.159 e. The van der Waals surface area contributed by atoms with Gasteiger partial charge in [0.15, 0.2) is 11.6 Å². The Morgan fingerprint density at radius 3 is 1.89 bits per heavy atom. The van der Waals surface area contributed by atoms with E-state index in [-0.39, 0.29) is 0 Å². The van der Waals surface area contributed by atoms with Crippen LogP contribution in [0.5, 0.6) is 0 Å². The molecule has 0 aromatic heterocycles. The topological polar surface area (TPSA) is 0 Å². The lowest BCUT2D eigenvalue weighted by Crippen LogP contribution is -2.18. The summed E-state index contributed by atoms with van der Waals surface area (Å²) in [5.41, 5.74) is 0.989. The molecule has 0 bridgehead atoms. The lowest BCUT2D eigenvalue weighted by molar-refractivity contribution is 0.225. The molecule has 0 heterocycles. The van der Waals surface area contributed by atoms with Crippen LogP contribution < -0.4 is 0 Å². The number of halogens is 2. The summed E-state index contributed by atoms with van der Waals surface area (Å²) in [6.07, 6.45) is 20.4. The van der Waals surface area contributed by atoms with Gasteiger partial charge >= 0.3 is 0 Å². The second-order valence-electron chi connectivity index (χ2n) is 9.00. The number of hydrogen-bond acceptors (Lipinski definition) is 0. The van der Waals surface area contributed by atoms with Gasteiger partial charge < -0.3 is 0 Å². The van der Waals surface area contributed by atoms with Crippen LogP contribution in [0.25, 0.3) is 0 Å². The zero-order valence-electron chi connectivity index (χ0n) is 16.9. The Hall–Kier alpha value is -1.18. The van der Waals surface area contributed by atoms with Crippen molar-refractivity contribution in [1.82, 2.24) is 0 Å². The first kappa shape index (κ1) is 20.6. The highest BCUT2D eigenvalue weighted by Gasteiger charge is 2.25. The largest absolute Gasteiger partial charge is 0.204 e. The van der Waals surface area contributed by atoms with Gasteiger partial charge in [0.25, 0.3) is 0 Å². The Labute approximate surface area is 164 Å². The first-order chi connectivity index (χ1) is 13.2. The minimum Gasteiger partial charge on any atom is -0.204 e. The fourth-order valence-electron chi connectivity index (χ4n) is 5.33. The monoisotopic (exact) mass is 374 g/mol. The SMILES string of the molecule is C/C=C/CCC1CCC(CCC2CCC(c3ccc(F)c(F)c3)CC2)CC1. The molecule has 150 valence electrons. The van der Waals surface area contributed by atoms with Crippen molar-refractivity contribution in [2.24, 2.45) is 17.8 Å². The van der Waals surface area contributed by atoms with Crippen LogP contribution in [0.1, 0.15) is 95.5 Å². The van der Waals surface area contributed by atoms with E-state index in [0.717, 1.165) is 36.2 Å². The van der Waals surface area contributed by atoms with Gasteiger partial charge in [0.05, 0.1) is 0 Å². The van der Waals surface area contributed by atoms with Gasteiger partial charge in [-0.05, 0) is 86.8 Å². The van der Waals surface area contributed by atoms with Gasteiger partial charge in [-0.2, -0.15) is 0 Å². The predicted octanol–water partition coefficient (Wildman–Crippen LogP) is 8.18. The van der Waals surface area contributed by atoms with Crippen molar-refractivity contribution in [1.29, 1.82) is 0 Å². The summed E-state index contributed by atoms with van der Waals surface area (Å²) < 4.78 is 26.6. The number of allylic oxidation sites excluding steroid dienone is 2. The summed E-state index contributed by atoms with van der Waals surface area (Å²) in [5, 5.41) is 0. The van der Waals surface area contributed by atoms with Crippen LogP contribution in [0.15, 0.2) is 30.4 Å². The number of benzene rings is 1. The lowest BCUT2D eigenvalue weighted by atomic mass is 9.74. The predicted molar refractivity (Wildman–Crippen MR) is 110 cm³/mol. The van der Waals surface area contributed by atoms with Crippen LogP contribution in [0.2, 0.25) is 0 Å². The van der Waals surface area contributed by atoms with E-state index >= 15 is 0 Å². The second-order valence-corrected chi connectivity index (χ2v) is 9.00. The van der Waals surface area contributed by atoms with Crippen molar-refractivity contribution in [3.8, 4) is 0 Å². The van der Waals surface area contributed by atoms with Crippen LogP contribution in [-0.4, -0.2) is 0 Å². The molecule has 0 amide bonds. The normalized spacial score (nSPS) is 29.3. The molecule has 0 radical (unpaired) electrons. The highest BCUT2D eigenvalue weighted by Crippen LogP contribution is 2.40. The molecule has 0 unspecified atom stereocenters. The van der Waals surface area contributed by atoms with Gasteiger partial charge in [0.2, 0.25) is 0 Å². The summed E-state index contributed by atoms with van der Waals surface area (Å²) in [7, 11) is 0. The zero-order chi connectivity index (χ0) is 19.1. The van der Waals surface area contributed by atoms with Gasteiger partial charge in [-0.15, -0.1) is 0 Å². The highest BCUT2D eigenvalue weighted by molar-refractivity contribution is 5.22. The minimum absolute atomic E-state index is 0.420. The fraction of sp³-hybridized carbons (Fsp3) is 0.680. The average Bonchev–Trinajstić information content (AvgIpc) is 2.70. The third kappa shape index (κ3) is 6.16.